The highest BCUT2D eigenvalue weighted by atomic mass is 19.4. The molecule has 0 bridgehead atoms. The van der Waals surface area contributed by atoms with Crippen molar-refractivity contribution in [2.75, 3.05) is 13.7 Å². The van der Waals surface area contributed by atoms with Gasteiger partial charge in [0.15, 0.2) is 5.69 Å². The molecule has 2 aromatic rings. The normalized spacial score (nSPS) is 11.0. The van der Waals surface area contributed by atoms with Gasteiger partial charge in [-0.1, -0.05) is 12.1 Å². The van der Waals surface area contributed by atoms with E-state index in [2.05, 4.69) is 9.72 Å². The first-order valence-corrected chi connectivity index (χ1v) is 6.92. The summed E-state index contributed by atoms with van der Waals surface area (Å²) in [5.74, 6) is -0.891. The van der Waals surface area contributed by atoms with E-state index in [1.807, 2.05) is 0 Å². The third-order valence-electron chi connectivity index (χ3n) is 2.92. The molecule has 24 heavy (non-hydrogen) atoms. The summed E-state index contributed by atoms with van der Waals surface area (Å²) in [6.07, 6.45) is -4.78. The Balaban J connectivity index is 2.38. The number of esters is 1. The zero-order valence-electron chi connectivity index (χ0n) is 12.9. The van der Waals surface area contributed by atoms with Crippen LogP contribution in [0.2, 0.25) is 0 Å². The third kappa shape index (κ3) is 4.37. The summed E-state index contributed by atoms with van der Waals surface area (Å²) in [6, 6.07) is 8.31. The Morgan fingerprint density at radius 3 is 2.58 bits per heavy atom. The molecular formula is C16H14F3NO4. The van der Waals surface area contributed by atoms with E-state index >= 15 is 0 Å². The SMILES string of the molecule is CCOC(=O)c1ccc(-c2cccc(OC(F)(F)F)c2)c(OC)n1. The predicted octanol–water partition coefficient (Wildman–Crippen LogP) is 3.83. The molecule has 128 valence electrons. The molecule has 0 radical (unpaired) electrons. The number of halogens is 3. The van der Waals surface area contributed by atoms with Gasteiger partial charge < -0.3 is 14.2 Å². The van der Waals surface area contributed by atoms with Crippen LogP contribution in [0.1, 0.15) is 17.4 Å². The molecule has 0 fully saturated rings. The molecule has 0 aliphatic carbocycles. The molecule has 0 spiro atoms. The maximum Gasteiger partial charge on any atom is 0.573 e. The lowest BCUT2D eigenvalue weighted by molar-refractivity contribution is -0.274. The number of pyridine rings is 1. The van der Waals surface area contributed by atoms with E-state index in [-0.39, 0.29) is 23.9 Å². The molecule has 0 aliphatic heterocycles. The number of aromatic nitrogens is 1. The fourth-order valence-corrected chi connectivity index (χ4v) is 2.00. The summed E-state index contributed by atoms with van der Waals surface area (Å²) >= 11 is 0. The number of alkyl halides is 3. The van der Waals surface area contributed by atoms with E-state index in [0.29, 0.717) is 11.1 Å². The minimum absolute atomic E-state index is 0.0418. The highest BCUT2D eigenvalue weighted by Gasteiger charge is 2.31. The maximum absolute atomic E-state index is 12.3. The first-order chi connectivity index (χ1) is 11.3. The summed E-state index contributed by atoms with van der Waals surface area (Å²) in [7, 11) is 1.34. The van der Waals surface area contributed by atoms with Crippen molar-refractivity contribution in [3.05, 3.63) is 42.1 Å². The minimum atomic E-state index is -4.78. The van der Waals surface area contributed by atoms with Gasteiger partial charge in [-0.2, -0.15) is 0 Å². The molecule has 1 aromatic carbocycles. The Morgan fingerprint density at radius 2 is 1.96 bits per heavy atom. The summed E-state index contributed by atoms with van der Waals surface area (Å²) < 4.78 is 50.8. The second kappa shape index (κ2) is 7.20. The van der Waals surface area contributed by atoms with Gasteiger partial charge in [-0.15, -0.1) is 13.2 Å². The van der Waals surface area contributed by atoms with Crippen LogP contribution in [0.5, 0.6) is 11.6 Å². The average Bonchev–Trinajstić information content (AvgIpc) is 2.53. The van der Waals surface area contributed by atoms with Gasteiger partial charge in [0.25, 0.3) is 0 Å². The summed E-state index contributed by atoms with van der Waals surface area (Å²) in [5.41, 5.74) is 0.856. The molecular weight excluding hydrogens is 327 g/mol. The van der Waals surface area contributed by atoms with Crippen molar-refractivity contribution in [1.29, 1.82) is 0 Å². The van der Waals surface area contributed by atoms with Crippen LogP contribution in [-0.2, 0) is 4.74 Å². The quantitative estimate of drug-likeness (QED) is 0.774. The second-order valence-corrected chi connectivity index (χ2v) is 4.55. The van der Waals surface area contributed by atoms with E-state index in [4.69, 9.17) is 9.47 Å². The van der Waals surface area contributed by atoms with Crippen molar-refractivity contribution in [2.45, 2.75) is 13.3 Å². The molecule has 1 aromatic heterocycles. The third-order valence-corrected chi connectivity index (χ3v) is 2.92. The second-order valence-electron chi connectivity index (χ2n) is 4.55. The van der Waals surface area contributed by atoms with Gasteiger partial charge in [0, 0.05) is 5.56 Å². The van der Waals surface area contributed by atoms with Gasteiger partial charge in [-0.05, 0) is 36.8 Å². The number of rotatable bonds is 5. The van der Waals surface area contributed by atoms with Crippen molar-refractivity contribution in [3.63, 3.8) is 0 Å². The Labute approximate surface area is 136 Å². The van der Waals surface area contributed by atoms with E-state index < -0.39 is 12.3 Å². The van der Waals surface area contributed by atoms with E-state index in [0.717, 1.165) is 0 Å². The van der Waals surface area contributed by atoms with Crippen molar-refractivity contribution in [3.8, 4) is 22.8 Å². The lowest BCUT2D eigenvalue weighted by Crippen LogP contribution is -2.17. The Hall–Kier alpha value is -2.77. The van der Waals surface area contributed by atoms with E-state index in [1.165, 1.54) is 37.4 Å². The molecule has 0 N–H and O–H groups in total. The molecule has 0 amide bonds. The topological polar surface area (TPSA) is 57.7 Å². The zero-order chi connectivity index (χ0) is 17.7. The molecule has 8 heteroatoms. The van der Waals surface area contributed by atoms with Crippen molar-refractivity contribution < 1.29 is 32.2 Å². The van der Waals surface area contributed by atoms with Crippen LogP contribution < -0.4 is 9.47 Å². The van der Waals surface area contributed by atoms with E-state index in [1.54, 1.807) is 13.0 Å². The van der Waals surface area contributed by atoms with Crippen LogP contribution >= 0.6 is 0 Å². The molecule has 5 nitrogen and oxygen atoms in total. The van der Waals surface area contributed by atoms with Crippen molar-refractivity contribution >= 4 is 5.97 Å². The van der Waals surface area contributed by atoms with Gasteiger partial charge in [-0.25, -0.2) is 9.78 Å². The maximum atomic E-state index is 12.3. The number of benzene rings is 1. The number of hydrogen-bond acceptors (Lipinski definition) is 5. The molecule has 2 rings (SSSR count). The fraction of sp³-hybridized carbons (Fsp3) is 0.250. The minimum Gasteiger partial charge on any atom is -0.481 e. The van der Waals surface area contributed by atoms with Crippen LogP contribution in [-0.4, -0.2) is 31.0 Å². The first-order valence-electron chi connectivity index (χ1n) is 6.92. The van der Waals surface area contributed by atoms with Crippen LogP contribution in [0, 0.1) is 0 Å². The number of methoxy groups -OCH3 is 1. The van der Waals surface area contributed by atoms with Crippen molar-refractivity contribution in [2.24, 2.45) is 0 Å². The van der Waals surface area contributed by atoms with Crippen LogP contribution in [0.3, 0.4) is 0 Å². The molecule has 0 aliphatic rings. The molecule has 1 heterocycles. The number of hydrogen-bond donors (Lipinski definition) is 0. The predicted molar refractivity (Wildman–Crippen MR) is 78.9 cm³/mol. The number of nitrogens with zero attached hydrogens (tertiary/aromatic N) is 1. The van der Waals surface area contributed by atoms with Gasteiger partial charge >= 0.3 is 12.3 Å². The summed E-state index contributed by atoms with van der Waals surface area (Å²) in [5, 5.41) is 0. The zero-order valence-corrected chi connectivity index (χ0v) is 12.9. The smallest absolute Gasteiger partial charge is 0.481 e. The molecule has 0 atom stereocenters. The number of ether oxygens (including phenoxy) is 3. The average molecular weight is 341 g/mol. The van der Waals surface area contributed by atoms with Crippen LogP contribution in [0.4, 0.5) is 13.2 Å². The fourth-order valence-electron chi connectivity index (χ4n) is 2.00. The van der Waals surface area contributed by atoms with Gasteiger partial charge in [-0.3, -0.25) is 0 Å². The molecule has 0 saturated heterocycles. The number of carbonyl (C=O) groups is 1. The van der Waals surface area contributed by atoms with Gasteiger partial charge in [0.1, 0.15) is 5.75 Å². The molecule has 0 saturated carbocycles. The van der Waals surface area contributed by atoms with Crippen LogP contribution in [0.15, 0.2) is 36.4 Å². The Bertz CT molecular complexity index is 732. The summed E-state index contributed by atoms with van der Waals surface area (Å²) in [6.45, 7) is 1.86. The standard InChI is InChI=1S/C16H14F3NO4/c1-3-23-15(21)13-8-7-12(14(20-13)22-2)10-5-4-6-11(9-10)24-16(17,18)19/h4-9H,3H2,1-2H3. The monoisotopic (exact) mass is 341 g/mol. The van der Waals surface area contributed by atoms with E-state index in [9.17, 15) is 18.0 Å². The van der Waals surface area contributed by atoms with Gasteiger partial charge in [0.05, 0.1) is 13.7 Å². The van der Waals surface area contributed by atoms with Crippen molar-refractivity contribution in [1.82, 2.24) is 4.98 Å². The lowest BCUT2D eigenvalue weighted by atomic mass is 10.1. The lowest BCUT2D eigenvalue weighted by Gasteiger charge is -2.12. The Morgan fingerprint density at radius 1 is 1.21 bits per heavy atom. The van der Waals surface area contributed by atoms with Gasteiger partial charge in [0.2, 0.25) is 5.88 Å². The Kier molecular flexibility index (Phi) is 5.28. The molecule has 0 unspecified atom stereocenters. The highest BCUT2D eigenvalue weighted by Crippen LogP contribution is 2.32. The summed E-state index contributed by atoms with van der Waals surface area (Å²) in [4.78, 5) is 15.7. The van der Waals surface area contributed by atoms with Crippen LogP contribution in [0.25, 0.3) is 11.1 Å². The highest BCUT2D eigenvalue weighted by molar-refractivity contribution is 5.88. The number of carbonyl (C=O) groups excluding carboxylic acids is 1. The first kappa shape index (κ1) is 17.6. The largest absolute Gasteiger partial charge is 0.573 e.